The predicted molar refractivity (Wildman–Crippen MR) is 90.7 cm³/mol. The summed E-state index contributed by atoms with van der Waals surface area (Å²) in [6.45, 7) is 15.6. The van der Waals surface area contributed by atoms with E-state index >= 15 is 0 Å². The molecular weight excluding hydrogens is 258 g/mol. The lowest BCUT2D eigenvalue weighted by molar-refractivity contribution is 0.292. The van der Waals surface area contributed by atoms with Gasteiger partial charge in [0.2, 0.25) is 0 Å². The normalized spacial score (nSPS) is 18.3. The molecule has 3 nitrogen and oxygen atoms in total. The first-order valence-electron chi connectivity index (χ1n) is 8.29. The molecule has 0 amide bonds. The molecule has 2 heterocycles. The summed E-state index contributed by atoms with van der Waals surface area (Å²) < 4.78 is 0. The zero-order chi connectivity index (χ0) is 15.5. The molecule has 1 N–H and O–H groups in total. The van der Waals surface area contributed by atoms with Crippen LogP contribution < -0.4 is 10.2 Å². The third-order valence-corrected chi connectivity index (χ3v) is 4.11. The molecule has 0 unspecified atom stereocenters. The zero-order valence-corrected chi connectivity index (χ0v) is 14.4. The third-order valence-electron chi connectivity index (χ3n) is 4.11. The number of piperidine rings is 1. The van der Waals surface area contributed by atoms with Gasteiger partial charge in [0.25, 0.3) is 0 Å². The molecule has 0 radical (unpaired) electrons. The van der Waals surface area contributed by atoms with Gasteiger partial charge in [0.05, 0.1) is 0 Å². The Morgan fingerprint density at radius 3 is 2.76 bits per heavy atom. The van der Waals surface area contributed by atoms with Crippen LogP contribution in [0.3, 0.4) is 0 Å². The van der Waals surface area contributed by atoms with E-state index in [-0.39, 0.29) is 0 Å². The molecule has 1 aromatic rings. The van der Waals surface area contributed by atoms with Crippen molar-refractivity contribution in [3.8, 4) is 0 Å². The fourth-order valence-corrected chi connectivity index (χ4v) is 3.11. The molecule has 1 fully saturated rings. The smallest absolute Gasteiger partial charge is 0.129 e. The SMILES string of the molecule is Cc1cc(CNCC(C)C)cc(N2CCCC(C)(C)C2)n1. The van der Waals surface area contributed by atoms with Crippen LogP contribution in [0.1, 0.15) is 51.8 Å². The largest absolute Gasteiger partial charge is 0.356 e. The van der Waals surface area contributed by atoms with Crippen LogP contribution in [0.15, 0.2) is 12.1 Å². The quantitative estimate of drug-likeness (QED) is 0.894. The molecular formula is C18H31N3. The number of hydrogen-bond acceptors (Lipinski definition) is 3. The van der Waals surface area contributed by atoms with Crippen molar-refractivity contribution in [2.45, 2.75) is 54.0 Å². The number of pyridine rings is 1. The number of nitrogens with one attached hydrogen (secondary N) is 1. The summed E-state index contributed by atoms with van der Waals surface area (Å²) in [5.41, 5.74) is 2.87. The standard InChI is InChI=1S/C18H31N3/c1-14(2)11-19-12-16-9-15(3)20-17(10-16)21-8-6-7-18(4,5)13-21/h9-10,14,19H,6-8,11-13H2,1-5H3. The van der Waals surface area contributed by atoms with Crippen molar-refractivity contribution in [1.82, 2.24) is 10.3 Å². The Balaban J connectivity index is 2.07. The first-order chi connectivity index (χ1) is 9.85. The maximum Gasteiger partial charge on any atom is 0.129 e. The lowest BCUT2D eigenvalue weighted by Gasteiger charge is -2.39. The highest BCUT2D eigenvalue weighted by Gasteiger charge is 2.27. The summed E-state index contributed by atoms with van der Waals surface area (Å²) in [4.78, 5) is 7.23. The van der Waals surface area contributed by atoms with Crippen molar-refractivity contribution >= 4 is 5.82 Å². The number of rotatable bonds is 5. The number of aromatic nitrogens is 1. The van der Waals surface area contributed by atoms with Crippen LogP contribution >= 0.6 is 0 Å². The molecule has 0 saturated carbocycles. The van der Waals surface area contributed by atoms with Gasteiger partial charge in [-0.05, 0) is 55.3 Å². The molecule has 1 aliphatic rings. The van der Waals surface area contributed by atoms with E-state index in [1.54, 1.807) is 0 Å². The van der Waals surface area contributed by atoms with Crippen LogP contribution in [0.2, 0.25) is 0 Å². The summed E-state index contributed by atoms with van der Waals surface area (Å²) in [6.07, 6.45) is 2.58. The van der Waals surface area contributed by atoms with Gasteiger partial charge in [-0.2, -0.15) is 0 Å². The fraction of sp³-hybridized carbons (Fsp3) is 0.722. The van der Waals surface area contributed by atoms with E-state index in [0.717, 1.165) is 37.7 Å². The predicted octanol–water partition coefficient (Wildman–Crippen LogP) is 3.76. The minimum absolute atomic E-state index is 0.403. The van der Waals surface area contributed by atoms with Crippen LogP contribution in [0.5, 0.6) is 0 Å². The second-order valence-electron chi connectivity index (χ2n) is 7.69. The number of aryl methyl sites for hydroxylation is 1. The van der Waals surface area contributed by atoms with Gasteiger partial charge in [0, 0.05) is 25.3 Å². The van der Waals surface area contributed by atoms with E-state index < -0.39 is 0 Å². The van der Waals surface area contributed by atoms with Crippen molar-refractivity contribution in [2.24, 2.45) is 11.3 Å². The highest BCUT2D eigenvalue weighted by atomic mass is 15.2. The summed E-state index contributed by atoms with van der Waals surface area (Å²) in [5, 5.41) is 3.53. The van der Waals surface area contributed by atoms with Gasteiger partial charge in [-0.3, -0.25) is 0 Å². The molecule has 0 aromatic carbocycles. The van der Waals surface area contributed by atoms with Crippen molar-refractivity contribution in [3.63, 3.8) is 0 Å². The van der Waals surface area contributed by atoms with Crippen molar-refractivity contribution in [1.29, 1.82) is 0 Å². The van der Waals surface area contributed by atoms with E-state index in [9.17, 15) is 0 Å². The Morgan fingerprint density at radius 1 is 1.33 bits per heavy atom. The Hall–Kier alpha value is -1.09. The number of nitrogens with zero attached hydrogens (tertiary/aromatic N) is 2. The number of anilines is 1. The maximum atomic E-state index is 4.76. The van der Waals surface area contributed by atoms with Crippen molar-refractivity contribution in [3.05, 3.63) is 23.4 Å². The molecule has 0 spiro atoms. The van der Waals surface area contributed by atoms with E-state index in [0.29, 0.717) is 11.3 Å². The van der Waals surface area contributed by atoms with Gasteiger partial charge in [-0.1, -0.05) is 27.7 Å². The second-order valence-corrected chi connectivity index (χ2v) is 7.69. The summed E-state index contributed by atoms with van der Waals surface area (Å²) in [5.74, 6) is 1.85. The van der Waals surface area contributed by atoms with Crippen LogP contribution in [-0.2, 0) is 6.54 Å². The lowest BCUT2D eigenvalue weighted by Crippen LogP contribution is -2.40. The average Bonchev–Trinajstić information content (AvgIpc) is 2.36. The monoisotopic (exact) mass is 289 g/mol. The van der Waals surface area contributed by atoms with Crippen LogP contribution in [-0.4, -0.2) is 24.6 Å². The van der Waals surface area contributed by atoms with Gasteiger partial charge >= 0.3 is 0 Å². The molecule has 118 valence electrons. The molecule has 0 bridgehead atoms. The highest BCUT2D eigenvalue weighted by Crippen LogP contribution is 2.31. The van der Waals surface area contributed by atoms with E-state index in [1.807, 2.05) is 0 Å². The van der Waals surface area contributed by atoms with Crippen molar-refractivity contribution < 1.29 is 0 Å². The summed E-state index contributed by atoms with van der Waals surface area (Å²) >= 11 is 0. The molecule has 1 saturated heterocycles. The molecule has 1 aromatic heterocycles. The number of hydrogen-bond donors (Lipinski definition) is 1. The van der Waals surface area contributed by atoms with E-state index in [1.165, 1.54) is 18.4 Å². The molecule has 1 aliphatic heterocycles. The zero-order valence-electron chi connectivity index (χ0n) is 14.4. The summed E-state index contributed by atoms with van der Waals surface area (Å²) in [7, 11) is 0. The Labute approximate surface area is 130 Å². The second kappa shape index (κ2) is 6.78. The Kier molecular flexibility index (Phi) is 5.26. The molecule has 21 heavy (non-hydrogen) atoms. The molecule has 0 atom stereocenters. The van der Waals surface area contributed by atoms with Crippen LogP contribution in [0, 0.1) is 18.3 Å². The minimum Gasteiger partial charge on any atom is -0.356 e. The van der Waals surface area contributed by atoms with Crippen LogP contribution in [0.25, 0.3) is 0 Å². The third kappa shape index (κ3) is 4.99. The van der Waals surface area contributed by atoms with Gasteiger partial charge < -0.3 is 10.2 Å². The van der Waals surface area contributed by atoms with Crippen molar-refractivity contribution in [2.75, 3.05) is 24.5 Å². The van der Waals surface area contributed by atoms with E-state index in [2.05, 4.69) is 57.0 Å². The first-order valence-corrected chi connectivity index (χ1v) is 8.29. The average molecular weight is 289 g/mol. The molecule has 2 rings (SSSR count). The fourth-order valence-electron chi connectivity index (χ4n) is 3.11. The Bertz CT molecular complexity index is 466. The molecule has 3 heteroatoms. The Morgan fingerprint density at radius 2 is 2.10 bits per heavy atom. The summed E-state index contributed by atoms with van der Waals surface area (Å²) in [6, 6.07) is 4.47. The highest BCUT2D eigenvalue weighted by molar-refractivity contribution is 5.43. The topological polar surface area (TPSA) is 28.2 Å². The van der Waals surface area contributed by atoms with Gasteiger partial charge in [-0.15, -0.1) is 0 Å². The van der Waals surface area contributed by atoms with Gasteiger partial charge in [0.1, 0.15) is 5.82 Å². The lowest BCUT2D eigenvalue weighted by atomic mass is 9.84. The van der Waals surface area contributed by atoms with Gasteiger partial charge in [-0.25, -0.2) is 4.98 Å². The first kappa shape index (κ1) is 16.3. The maximum absolute atomic E-state index is 4.76. The van der Waals surface area contributed by atoms with E-state index in [4.69, 9.17) is 4.98 Å². The van der Waals surface area contributed by atoms with Crippen LogP contribution in [0.4, 0.5) is 5.82 Å². The molecule has 0 aliphatic carbocycles. The minimum atomic E-state index is 0.403. The van der Waals surface area contributed by atoms with Gasteiger partial charge in [0.15, 0.2) is 0 Å².